The lowest BCUT2D eigenvalue weighted by Crippen LogP contribution is -2.25. The van der Waals surface area contributed by atoms with Gasteiger partial charge < -0.3 is 10.2 Å². The first-order valence-corrected chi connectivity index (χ1v) is 12.0. The topological polar surface area (TPSA) is 66.5 Å². The highest BCUT2D eigenvalue weighted by atomic mass is 79.9. The van der Waals surface area contributed by atoms with Gasteiger partial charge in [-0.05, 0) is 35.4 Å². The average molecular weight is 487 g/mol. The Kier molecular flexibility index (Phi) is 7.29. The second kappa shape index (κ2) is 9.91. The molecule has 0 atom stereocenters. The first kappa shape index (κ1) is 22.1. The van der Waals surface area contributed by atoms with Gasteiger partial charge in [0.05, 0.1) is 17.1 Å². The number of rotatable bonds is 8. The minimum atomic E-state index is -3.60. The highest BCUT2D eigenvalue weighted by Crippen LogP contribution is 2.26. The number of sulfone groups is 1. The third-order valence-corrected chi connectivity index (χ3v) is 6.45. The van der Waals surface area contributed by atoms with Crippen LogP contribution in [0.3, 0.4) is 0 Å². The summed E-state index contributed by atoms with van der Waals surface area (Å²) >= 11 is 3.33. The summed E-state index contributed by atoms with van der Waals surface area (Å²) in [7, 11) is -1.67. The van der Waals surface area contributed by atoms with Crippen LogP contribution in [0.1, 0.15) is 11.1 Å². The second-order valence-corrected chi connectivity index (χ2v) is 10.0. The van der Waals surface area contributed by atoms with Crippen LogP contribution in [-0.4, -0.2) is 27.1 Å². The van der Waals surface area contributed by atoms with Crippen LogP contribution < -0.4 is 10.2 Å². The Morgan fingerprint density at radius 3 is 2.33 bits per heavy atom. The van der Waals surface area contributed by atoms with E-state index in [1.54, 1.807) is 24.3 Å². The van der Waals surface area contributed by atoms with E-state index in [9.17, 15) is 13.2 Å². The van der Waals surface area contributed by atoms with E-state index in [0.29, 0.717) is 17.8 Å². The molecule has 0 aliphatic carbocycles. The number of hydrogen-bond donors (Lipinski definition) is 1. The molecular weight excluding hydrogens is 464 g/mol. The van der Waals surface area contributed by atoms with Gasteiger partial charge in [-0.15, -0.1) is 0 Å². The van der Waals surface area contributed by atoms with Gasteiger partial charge in [0.1, 0.15) is 5.75 Å². The number of anilines is 2. The number of amides is 1. The van der Waals surface area contributed by atoms with Crippen molar-refractivity contribution in [1.29, 1.82) is 0 Å². The molecule has 0 fully saturated rings. The molecular formula is C23H23BrN2O3S. The van der Waals surface area contributed by atoms with E-state index in [2.05, 4.69) is 21.2 Å². The van der Waals surface area contributed by atoms with Gasteiger partial charge >= 0.3 is 0 Å². The molecule has 0 unspecified atom stereocenters. The molecule has 7 heteroatoms. The molecule has 0 aliphatic rings. The fraction of sp³-hybridized carbons (Fsp3) is 0.174. The minimum Gasteiger partial charge on any atom is -0.369 e. The van der Waals surface area contributed by atoms with Crippen molar-refractivity contribution in [2.45, 2.75) is 12.3 Å². The van der Waals surface area contributed by atoms with Crippen molar-refractivity contribution in [3.8, 4) is 0 Å². The van der Waals surface area contributed by atoms with Crippen molar-refractivity contribution in [1.82, 2.24) is 0 Å². The maximum atomic E-state index is 12.5. The number of nitrogens with zero attached hydrogens (tertiary/aromatic N) is 1. The summed E-state index contributed by atoms with van der Waals surface area (Å²) in [5.74, 6) is -1.31. The van der Waals surface area contributed by atoms with Crippen molar-refractivity contribution < 1.29 is 13.2 Å². The molecule has 3 aromatic rings. The van der Waals surface area contributed by atoms with Gasteiger partial charge in [0, 0.05) is 18.1 Å². The van der Waals surface area contributed by atoms with Crippen LogP contribution in [0.5, 0.6) is 0 Å². The van der Waals surface area contributed by atoms with Crippen molar-refractivity contribution in [3.05, 3.63) is 94.5 Å². The van der Waals surface area contributed by atoms with E-state index in [4.69, 9.17) is 0 Å². The summed E-state index contributed by atoms with van der Waals surface area (Å²) in [5.41, 5.74) is 3.18. The molecule has 0 spiro atoms. The van der Waals surface area contributed by atoms with Crippen LogP contribution in [0.25, 0.3) is 0 Å². The van der Waals surface area contributed by atoms with Gasteiger partial charge in [0.25, 0.3) is 0 Å². The zero-order valence-corrected chi connectivity index (χ0v) is 19.0. The summed E-state index contributed by atoms with van der Waals surface area (Å²) < 4.78 is 25.8. The van der Waals surface area contributed by atoms with E-state index in [0.717, 1.165) is 15.7 Å². The number of hydrogen-bond acceptors (Lipinski definition) is 4. The second-order valence-electron chi connectivity index (χ2n) is 7.07. The lowest BCUT2D eigenvalue weighted by atomic mass is 10.2. The van der Waals surface area contributed by atoms with Crippen molar-refractivity contribution in [2.75, 3.05) is 23.0 Å². The van der Waals surface area contributed by atoms with Gasteiger partial charge in [0.2, 0.25) is 5.91 Å². The van der Waals surface area contributed by atoms with Crippen LogP contribution in [0.2, 0.25) is 0 Å². The SMILES string of the molecule is CN(Cc1ccccc1)c1ccccc1NC(=O)CS(=O)(=O)Cc1cccc(Br)c1. The van der Waals surface area contributed by atoms with Gasteiger partial charge in [-0.25, -0.2) is 8.42 Å². The fourth-order valence-corrected chi connectivity index (χ4v) is 4.88. The number of carbonyl (C=O) groups excluding carboxylic acids is 1. The van der Waals surface area contributed by atoms with Gasteiger partial charge in [-0.1, -0.05) is 70.5 Å². The molecule has 1 amide bonds. The Morgan fingerprint density at radius 2 is 1.60 bits per heavy atom. The van der Waals surface area contributed by atoms with E-state index in [-0.39, 0.29) is 5.75 Å². The molecule has 0 bridgehead atoms. The minimum absolute atomic E-state index is 0.185. The summed E-state index contributed by atoms with van der Waals surface area (Å²) in [5, 5.41) is 2.76. The fourth-order valence-electron chi connectivity index (χ4n) is 3.17. The van der Waals surface area contributed by atoms with Crippen LogP contribution >= 0.6 is 15.9 Å². The van der Waals surface area contributed by atoms with Crippen molar-refractivity contribution in [3.63, 3.8) is 0 Å². The van der Waals surface area contributed by atoms with Crippen molar-refractivity contribution in [2.24, 2.45) is 0 Å². The average Bonchev–Trinajstić information content (AvgIpc) is 2.68. The summed E-state index contributed by atoms with van der Waals surface area (Å²) in [4.78, 5) is 14.5. The highest BCUT2D eigenvalue weighted by molar-refractivity contribution is 9.10. The first-order chi connectivity index (χ1) is 14.3. The molecule has 0 saturated heterocycles. The number of benzene rings is 3. The maximum absolute atomic E-state index is 12.5. The zero-order valence-electron chi connectivity index (χ0n) is 16.6. The van der Waals surface area contributed by atoms with Crippen LogP contribution in [0, 0.1) is 0 Å². The maximum Gasteiger partial charge on any atom is 0.239 e. The Balaban J connectivity index is 1.68. The summed E-state index contributed by atoms with van der Waals surface area (Å²) in [6.45, 7) is 0.662. The van der Waals surface area contributed by atoms with Crippen LogP contribution in [0.15, 0.2) is 83.3 Å². The molecule has 5 nitrogen and oxygen atoms in total. The van der Waals surface area contributed by atoms with Crippen LogP contribution in [-0.2, 0) is 26.9 Å². The Bertz CT molecular complexity index is 1120. The molecule has 0 heterocycles. The lowest BCUT2D eigenvalue weighted by Gasteiger charge is -2.22. The smallest absolute Gasteiger partial charge is 0.239 e. The quantitative estimate of drug-likeness (QED) is 0.503. The Labute approximate surface area is 185 Å². The van der Waals surface area contributed by atoms with Gasteiger partial charge in [0.15, 0.2) is 9.84 Å². The Hall–Kier alpha value is -2.64. The molecule has 1 N–H and O–H groups in total. The number of nitrogens with one attached hydrogen (secondary N) is 1. The molecule has 30 heavy (non-hydrogen) atoms. The molecule has 0 radical (unpaired) electrons. The zero-order chi connectivity index (χ0) is 21.6. The number of halogens is 1. The predicted molar refractivity (Wildman–Crippen MR) is 125 cm³/mol. The van der Waals surface area contributed by atoms with Crippen LogP contribution in [0.4, 0.5) is 11.4 Å². The number of carbonyl (C=O) groups is 1. The normalized spacial score (nSPS) is 11.1. The molecule has 0 aromatic heterocycles. The largest absolute Gasteiger partial charge is 0.369 e. The molecule has 0 saturated carbocycles. The lowest BCUT2D eigenvalue weighted by molar-refractivity contribution is -0.113. The van der Waals surface area contributed by atoms with Crippen molar-refractivity contribution >= 4 is 43.0 Å². The Morgan fingerprint density at radius 1 is 0.933 bits per heavy atom. The third kappa shape index (κ3) is 6.43. The molecule has 3 rings (SSSR count). The standard InChI is InChI=1S/C23H23BrN2O3S/c1-26(15-18-8-3-2-4-9-18)22-13-6-5-12-21(22)25-23(27)17-30(28,29)16-19-10-7-11-20(24)14-19/h2-14H,15-17H2,1H3,(H,25,27). The number of para-hydroxylation sites is 2. The summed E-state index contributed by atoms with van der Waals surface area (Å²) in [6.07, 6.45) is 0. The third-order valence-electron chi connectivity index (χ3n) is 4.48. The molecule has 0 aliphatic heterocycles. The van der Waals surface area contributed by atoms with E-state index >= 15 is 0 Å². The van der Waals surface area contributed by atoms with Gasteiger partial charge in [-0.3, -0.25) is 4.79 Å². The summed E-state index contributed by atoms with van der Waals surface area (Å²) in [6, 6.07) is 24.4. The van der Waals surface area contributed by atoms with E-state index in [1.165, 1.54) is 0 Å². The molecule has 156 valence electrons. The van der Waals surface area contributed by atoms with Gasteiger partial charge in [-0.2, -0.15) is 0 Å². The highest BCUT2D eigenvalue weighted by Gasteiger charge is 2.19. The monoisotopic (exact) mass is 486 g/mol. The molecule has 3 aromatic carbocycles. The first-order valence-electron chi connectivity index (χ1n) is 9.41. The van der Waals surface area contributed by atoms with E-state index < -0.39 is 21.5 Å². The van der Waals surface area contributed by atoms with E-state index in [1.807, 2.05) is 66.5 Å². The predicted octanol–water partition coefficient (Wildman–Crippen LogP) is 4.64.